The molecular weight excluding hydrogens is 728 g/mol. The van der Waals surface area contributed by atoms with Crippen LogP contribution in [0.25, 0.3) is 0 Å². The van der Waals surface area contributed by atoms with Gasteiger partial charge in [0.25, 0.3) is 0 Å². The minimum atomic E-state index is -1.48. The van der Waals surface area contributed by atoms with Crippen LogP contribution in [0.15, 0.2) is 42.5 Å². The Morgan fingerprint density at radius 1 is 0.946 bits per heavy atom. The Kier molecular flexibility index (Phi) is 11.2. The standard InChI is InChI=1S/C40H49F2N7O7/c1-20-9-11-28(12-10-20)44-39(56)45-29(16-25-14-26(41)17-27(42)15-25)35(52)46-32-22(3)31-33(50)40(31)18-21(2)19-49(40)36(53)23(4)43-34(51)24(5)47(6)37(54)30-8-7-13-48(30)38(32)55/h9-12,14-15,17,21-24,29-32H,7-8,13,16,18-19H2,1-6H3,(H,43,51)(H,46,52)(H2,44,45,56)/t21-,22-,23+,24+,29+,30+,31+,32+,40-/m1/s1. The zero-order valence-electron chi connectivity index (χ0n) is 32.4. The second kappa shape index (κ2) is 15.6. The first kappa shape index (κ1) is 40.3. The van der Waals surface area contributed by atoms with Gasteiger partial charge in [-0.25, -0.2) is 13.6 Å². The average Bonchev–Trinajstić information content (AvgIpc) is 3.44. The first-order valence-electron chi connectivity index (χ1n) is 19.1. The minimum absolute atomic E-state index is 0.0461. The van der Waals surface area contributed by atoms with E-state index in [1.54, 1.807) is 31.2 Å². The van der Waals surface area contributed by atoms with Gasteiger partial charge in [-0.15, -0.1) is 0 Å². The third-order valence-corrected chi connectivity index (χ3v) is 11.8. The van der Waals surface area contributed by atoms with Gasteiger partial charge >= 0.3 is 6.03 Å². The number of hydrogen-bond acceptors (Lipinski definition) is 7. The molecule has 56 heavy (non-hydrogen) atoms. The van der Waals surface area contributed by atoms with Crippen molar-refractivity contribution < 1.29 is 42.3 Å². The predicted molar refractivity (Wildman–Crippen MR) is 200 cm³/mol. The third-order valence-electron chi connectivity index (χ3n) is 11.8. The van der Waals surface area contributed by atoms with Crippen LogP contribution < -0.4 is 21.3 Å². The van der Waals surface area contributed by atoms with Crippen molar-refractivity contribution in [1.82, 2.24) is 30.7 Å². The van der Waals surface area contributed by atoms with Crippen molar-refractivity contribution in [3.63, 3.8) is 0 Å². The van der Waals surface area contributed by atoms with Crippen molar-refractivity contribution in [2.75, 3.05) is 25.5 Å². The molecule has 16 heteroatoms. The molecule has 1 spiro atoms. The molecule has 3 aliphatic heterocycles. The number of nitrogens with one attached hydrogen (secondary N) is 4. The van der Waals surface area contributed by atoms with Crippen LogP contribution in [-0.2, 0) is 35.2 Å². The number of Topliss-reactive ketones (excluding diaryl/α,β-unsaturated/α-hetero) is 1. The number of carbonyl (C=O) groups excluding carboxylic acids is 7. The molecule has 6 rings (SSSR count). The summed E-state index contributed by atoms with van der Waals surface area (Å²) in [7, 11) is 1.44. The van der Waals surface area contributed by atoms with Gasteiger partial charge in [0.1, 0.15) is 47.4 Å². The van der Waals surface area contributed by atoms with Gasteiger partial charge in [0.15, 0.2) is 5.78 Å². The van der Waals surface area contributed by atoms with Crippen LogP contribution in [0, 0.1) is 36.3 Å². The normalized spacial score (nSPS) is 30.0. The highest BCUT2D eigenvalue weighted by Gasteiger charge is 2.74. The Labute approximate surface area is 324 Å². The lowest BCUT2D eigenvalue weighted by Crippen LogP contribution is -2.60. The van der Waals surface area contributed by atoms with Crippen LogP contribution in [0.5, 0.6) is 0 Å². The van der Waals surface area contributed by atoms with Crippen molar-refractivity contribution in [2.24, 2.45) is 17.8 Å². The van der Waals surface area contributed by atoms with Gasteiger partial charge in [-0.1, -0.05) is 31.5 Å². The van der Waals surface area contributed by atoms with Gasteiger partial charge in [-0.2, -0.15) is 0 Å². The number of ketones is 1. The van der Waals surface area contributed by atoms with E-state index >= 15 is 0 Å². The second-order valence-corrected chi connectivity index (χ2v) is 15.9. The summed E-state index contributed by atoms with van der Waals surface area (Å²) < 4.78 is 28.7. The fourth-order valence-corrected chi connectivity index (χ4v) is 8.73. The second-order valence-electron chi connectivity index (χ2n) is 15.9. The number of likely N-dealkylation sites (N-methyl/N-ethyl adjacent to an activating group) is 1. The smallest absolute Gasteiger partial charge is 0.319 e. The van der Waals surface area contributed by atoms with E-state index in [1.807, 2.05) is 13.8 Å². The number of amides is 7. The monoisotopic (exact) mass is 777 g/mol. The Balaban J connectivity index is 1.37. The van der Waals surface area contributed by atoms with E-state index in [-0.39, 0.29) is 43.2 Å². The molecule has 2 aromatic carbocycles. The van der Waals surface area contributed by atoms with Gasteiger partial charge in [0, 0.05) is 38.3 Å². The first-order chi connectivity index (χ1) is 26.4. The molecule has 14 nitrogen and oxygen atoms in total. The zero-order valence-corrected chi connectivity index (χ0v) is 32.4. The average molecular weight is 778 g/mol. The highest BCUT2D eigenvalue weighted by atomic mass is 19.1. The molecule has 1 saturated carbocycles. The van der Waals surface area contributed by atoms with Crippen molar-refractivity contribution in [3.05, 3.63) is 65.2 Å². The van der Waals surface area contributed by atoms with Gasteiger partial charge in [-0.05, 0) is 81.7 Å². The highest BCUT2D eigenvalue weighted by molar-refractivity contribution is 6.12. The van der Waals surface area contributed by atoms with Crippen LogP contribution in [-0.4, -0.2) is 112 Å². The SMILES string of the molecule is Cc1ccc(NC(=O)N[C@@H](Cc2cc(F)cc(F)c2)C(=O)N[C@@H]2C(=O)N3CCC[C@H]3C(=O)N(C)[C@@H](C)C(=O)N[C@@H](C)C(=O)N3C[C@H](C)C[C@@]34C(=O)[C@@H]4[C@H]2C)cc1. The first-order valence-corrected chi connectivity index (χ1v) is 19.1. The van der Waals surface area contributed by atoms with Crippen LogP contribution in [0.2, 0.25) is 0 Å². The Morgan fingerprint density at radius 2 is 1.61 bits per heavy atom. The molecule has 0 aromatic heterocycles. The van der Waals surface area contributed by atoms with E-state index in [0.29, 0.717) is 24.6 Å². The molecule has 300 valence electrons. The van der Waals surface area contributed by atoms with Crippen molar-refractivity contribution >= 4 is 47.0 Å². The number of aryl methyl sites for hydroxylation is 1. The lowest BCUT2D eigenvalue weighted by molar-refractivity contribution is -0.148. The van der Waals surface area contributed by atoms with Gasteiger partial charge in [0.05, 0.1) is 5.92 Å². The Hall–Kier alpha value is -5.41. The molecule has 4 fully saturated rings. The number of hydrogen-bond donors (Lipinski definition) is 4. The number of carbonyl (C=O) groups is 7. The van der Waals surface area contributed by atoms with Gasteiger partial charge in [0.2, 0.25) is 29.5 Å². The molecule has 9 atom stereocenters. The summed E-state index contributed by atoms with van der Waals surface area (Å²) in [6, 6.07) is 2.82. The number of rotatable bonds is 6. The Morgan fingerprint density at radius 3 is 2.27 bits per heavy atom. The summed E-state index contributed by atoms with van der Waals surface area (Å²) in [5, 5.41) is 10.7. The summed E-state index contributed by atoms with van der Waals surface area (Å²) in [6.07, 6.45) is 0.652. The van der Waals surface area contributed by atoms with Gasteiger partial charge in [-0.3, -0.25) is 28.8 Å². The van der Waals surface area contributed by atoms with E-state index in [9.17, 15) is 42.3 Å². The molecule has 3 heterocycles. The van der Waals surface area contributed by atoms with Gasteiger partial charge < -0.3 is 36.0 Å². The molecule has 1 aliphatic carbocycles. The maximum Gasteiger partial charge on any atom is 0.319 e. The largest absolute Gasteiger partial charge is 0.343 e. The minimum Gasteiger partial charge on any atom is -0.343 e. The number of nitrogens with zero attached hydrogens (tertiary/aromatic N) is 3. The summed E-state index contributed by atoms with van der Waals surface area (Å²) in [6.45, 7) is 8.81. The number of fused-ring (bicyclic) bond motifs is 1. The molecule has 4 N–H and O–H groups in total. The van der Waals surface area contributed by atoms with E-state index in [0.717, 1.165) is 17.7 Å². The maximum absolute atomic E-state index is 14.8. The number of halogens is 2. The molecular formula is C40H49F2N7O7. The van der Waals surface area contributed by atoms with E-state index < -0.39 is 94.8 Å². The quantitative estimate of drug-likeness (QED) is 0.348. The Bertz CT molecular complexity index is 1920. The maximum atomic E-state index is 14.8. The van der Waals surface area contributed by atoms with Crippen molar-refractivity contribution in [1.29, 1.82) is 0 Å². The van der Waals surface area contributed by atoms with Crippen LogP contribution >= 0.6 is 0 Å². The molecule has 0 unspecified atom stereocenters. The fraction of sp³-hybridized carbons (Fsp3) is 0.525. The predicted octanol–water partition coefficient (Wildman–Crippen LogP) is 2.29. The fourth-order valence-electron chi connectivity index (χ4n) is 8.73. The zero-order chi connectivity index (χ0) is 40.8. The summed E-state index contributed by atoms with van der Waals surface area (Å²) in [4.78, 5) is 102. The third kappa shape index (κ3) is 7.69. The molecule has 3 saturated heterocycles. The van der Waals surface area contributed by atoms with Crippen LogP contribution in [0.1, 0.15) is 58.1 Å². The van der Waals surface area contributed by atoms with E-state index in [1.165, 1.54) is 35.6 Å². The number of urea groups is 1. The lowest BCUT2D eigenvalue weighted by Gasteiger charge is -2.35. The van der Waals surface area contributed by atoms with Crippen LogP contribution in [0.4, 0.5) is 19.3 Å². The van der Waals surface area contributed by atoms with Crippen molar-refractivity contribution in [2.45, 2.75) is 96.1 Å². The topological polar surface area (TPSA) is 177 Å². The van der Waals surface area contributed by atoms with E-state index in [2.05, 4.69) is 21.3 Å². The molecule has 7 amide bonds. The lowest BCUT2D eigenvalue weighted by atomic mass is 9.90. The van der Waals surface area contributed by atoms with Crippen LogP contribution in [0.3, 0.4) is 0 Å². The number of anilines is 1. The van der Waals surface area contributed by atoms with Crippen molar-refractivity contribution in [3.8, 4) is 0 Å². The van der Waals surface area contributed by atoms with E-state index in [4.69, 9.17) is 0 Å². The molecule has 0 radical (unpaired) electrons. The summed E-state index contributed by atoms with van der Waals surface area (Å²) in [5.74, 6) is -7.11. The molecule has 4 aliphatic rings. The summed E-state index contributed by atoms with van der Waals surface area (Å²) >= 11 is 0. The number of benzene rings is 2. The molecule has 0 bridgehead atoms. The molecule has 2 aromatic rings. The summed E-state index contributed by atoms with van der Waals surface area (Å²) in [5.41, 5.74) is 0.111. The highest BCUT2D eigenvalue weighted by Crippen LogP contribution is 2.57.